The molecule has 0 spiro atoms. The molecule has 0 aliphatic rings. The normalized spacial score (nSPS) is 11.1. The number of phenolic OH excluding ortho intramolecular Hbond substituents is 1. The minimum absolute atomic E-state index is 0.0571. The number of aliphatic hydroxyl groups is 1. The Bertz CT molecular complexity index is 1210. The van der Waals surface area contributed by atoms with Gasteiger partial charge in [-0.2, -0.15) is 5.10 Å². The number of ether oxygens (including phenoxy) is 3. The van der Waals surface area contributed by atoms with Gasteiger partial charge in [-0.05, 0) is 47.4 Å². The van der Waals surface area contributed by atoms with Gasteiger partial charge in [-0.25, -0.2) is 5.43 Å². The minimum atomic E-state index is -0.500. The number of amides is 1. The number of benzene rings is 3. The number of methoxy groups -OCH3 is 1. The zero-order valence-electron chi connectivity index (χ0n) is 20.3. The molecule has 8 nitrogen and oxygen atoms in total. The van der Waals surface area contributed by atoms with Crippen LogP contribution in [0.2, 0.25) is 5.02 Å². The summed E-state index contributed by atoms with van der Waals surface area (Å²) in [4.78, 5) is 12.3. The second-order valence-corrected chi connectivity index (χ2v) is 8.58. The fraction of sp³-hybridized carbons (Fsp3) is 0.259. The molecule has 36 heavy (non-hydrogen) atoms. The highest BCUT2D eigenvalue weighted by Gasteiger charge is 2.15. The number of carbonyl (C=O) groups excluding carboxylic acids is 1. The van der Waals surface area contributed by atoms with Crippen LogP contribution in [0.5, 0.6) is 23.0 Å². The van der Waals surface area contributed by atoms with Crippen molar-refractivity contribution in [1.82, 2.24) is 5.43 Å². The molecule has 0 atom stereocenters. The number of nitrogens with one attached hydrogen (secondary N) is 1. The smallest absolute Gasteiger partial charge is 0.271 e. The largest absolute Gasteiger partial charge is 0.506 e. The van der Waals surface area contributed by atoms with E-state index in [1.54, 1.807) is 12.1 Å². The van der Waals surface area contributed by atoms with E-state index in [4.69, 9.17) is 25.8 Å². The average molecular weight is 513 g/mol. The lowest BCUT2D eigenvalue weighted by atomic mass is 10.0. The lowest BCUT2D eigenvalue weighted by Gasteiger charge is -2.17. The van der Waals surface area contributed by atoms with Crippen LogP contribution in [0.3, 0.4) is 0 Å². The van der Waals surface area contributed by atoms with Crippen LogP contribution < -0.4 is 19.6 Å². The van der Waals surface area contributed by atoms with Crippen LogP contribution in [-0.4, -0.2) is 42.7 Å². The quantitative estimate of drug-likeness (QED) is 0.249. The first-order chi connectivity index (χ1) is 17.3. The van der Waals surface area contributed by atoms with Crippen LogP contribution >= 0.6 is 11.6 Å². The van der Waals surface area contributed by atoms with Crippen LogP contribution in [0.15, 0.2) is 59.7 Å². The number of aliphatic hydroxyl groups excluding tert-OH is 1. The van der Waals surface area contributed by atoms with E-state index in [1.165, 1.54) is 37.1 Å². The van der Waals surface area contributed by atoms with E-state index in [2.05, 4.69) is 36.5 Å². The first kappa shape index (κ1) is 26.8. The summed E-state index contributed by atoms with van der Waals surface area (Å²) in [7, 11) is 1.51. The molecule has 3 N–H and O–H groups in total. The van der Waals surface area contributed by atoms with Gasteiger partial charge in [0.2, 0.25) is 5.75 Å². The van der Waals surface area contributed by atoms with Crippen molar-refractivity contribution in [3.8, 4) is 23.0 Å². The molecule has 0 heterocycles. The Kier molecular flexibility index (Phi) is 9.55. The molecule has 0 fully saturated rings. The lowest BCUT2D eigenvalue weighted by molar-refractivity contribution is 0.0955. The number of nitrogens with zero attached hydrogens (tertiary/aromatic N) is 1. The monoisotopic (exact) mass is 512 g/mol. The van der Waals surface area contributed by atoms with E-state index in [0.29, 0.717) is 35.3 Å². The van der Waals surface area contributed by atoms with E-state index in [0.717, 1.165) is 5.56 Å². The predicted octanol–water partition coefficient (Wildman–Crippen LogP) is 4.89. The maximum absolute atomic E-state index is 12.3. The second-order valence-electron chi connectivity index (χ2n) is 8.17. The summed E-state index contributed by atoms with van der Waals surface area (Å²) in [5.74, 6) is 0.979. The Labute approximate surface area is 215 Å². The number of hydrogen-bond donors (Lipinski definition) is 3. The summed E-state index contributed by atoms with van der Waals surface area (Å²) in [6.45, 7) is 4.45. The molecule has 0 aliphatic heterocycles. The number of hydrazone groups is 1. The predicted molar refractivity (Wildman–Crippen MR) is 139 cm³/mol. The third kappa shape index (κ3) is 7.13. The van der Waals surface area contributed by atoms with Gasteiger partial charge in [0.25, 0.3) is 5.91 Å². The Morgan fingerprint density at radius 2 is 1.81 bits per heavy atom. The molecule has 0 saturated carbocycles. The van der Waals surface area contributed by atoms with Crippen molar-refractivity contribution in [1.29, 1.82) is 0 Å². The van der Waals surface area contributed by atoms with Crippen LogP contribution in [-0.2, 0) is 6.61 Å². The standard InChI is InChI=1S/C27H29ClN2O6/c1-17(2)20-6-4-18(5-7-20)16-36-26-24(34-3)12-19(13-25(26)35-11-10-31)15-29-30-27(33)21-8-9-23(32)22(28)14-21/h4-9,12-15,17,31-32H,10-11,16H2,1-3H3,(H,30,33). The molecule has 0 radical (unpaired) electrons. The zero-order valence-corrected chi connectivity index (χ0v) is 21.1. The molecular formula is C27H29ClN2O6. The fourth-order valence-electron chi connectivity index (χ4n) is 3.26. The van der Waals surface area contributed by atoms with Crippen molar-refractivity contribution < 1.29 is 29.2 Å². The van der Waals surface area contributed by atoms with Gasteiger partial charge in [-0.1, -0.05) is 49.7 Å². The molecule has 0 unspecified atom stereocenters. The molecule has 0 bridgehead atoms. The highest BCUT2D eigenvalue weighted by Crippen LogP contribution is 2.39. The number of halogens is 1. The second kappa shape index (κ2) is 12.8. The SMILES string of the molecule is COc1cc(C=NNC(=O)c2ccc(O)c(Cl)c2)cc(OCCO)c1OCc1ccc(C(C)C)cc1. The Hall–Kier alpha value is -3.75. The van der Waals surface area contributed by atoms with Crippen molar-refractivity contribution in [3.05, 3.63) is 81.9 Å². The van der Waals surface area contributed by atoms with E-state index in [1.807, 2.05) is 12.1 Å². The summed E-state index contributed by atoms with van der Waals surface area (Å²) in [5.41, 5.74) is 5.44. The van der Waals surface area contributed by atoms with Gasteiger partial charge in [-0.3, -0.25) is 4.79 Å². The van der Waals surface area contributed by atoms with Gasteiger partial charge < -0.3 is 24.4 Å². The van der Waals surface area contributed by atoms with Crippen LogP contribution in [0.25, 0.3) is 0 Å². The molecule has 0 aromatic heterocycles. The average Bonchev–Trinajstić information content (AvgIpc) is 2.88. The number of rotatable bonds is 11. The third-order valence-electron chi connectivity index (χ3n) is 5.23. The lowest BCUT2D eigenvalue weighted by Crippen LogP contribution is -2.17. The van der Waals surface area contributed by atoms with Gasteiger partial charge in [0.1, 0.15) is 19.0 Å². The first-order valence-corrected chi connectivity index (χ1v) is 11.7. The molecule has 0 saturated heterocycles. The molecule has 1 amide bonds. The van der Waals surface area contributed by atoms with Crippen molar-refractivity contribution in [3.63, 3.8) is 0 Å². The van der Waals surface area contributed by atoms with Crippen molar-refractivity contribution >= 4 is 23.7 Å². The van der Waals surface area contributed by atoms with Gasteiger partial charge in [0.05, 0.1) is 25.0 Å². The summed E-state index contributed by atoms with van der Waals surface area (Å²) in [6.07, 6.45) is 1.42. The number of hydrogen-bond acceptors (Lipinski definition) is 7. The molecular weight excluding hydrogens is 484 g/mol. The van der Waals surface area contributed by atoms with Crippen molar-refractivity contribution in [2.75, 3.05) is 20.3 Å². The Balaban J connectivity index is 1.77. The minimum Gasteiger partial charge on any atom is -0.506 e. The highest BCUT2D eigenvalue weighted by molar-refractivity contribution is 6.32. The van der Waals surface area contributed by atoms with Gasteiger partial charge in [0.15, 0.2) is 11.5 Å². The molecule has 190 valence electrons. The molecule has 0 aliphatic carbocycles. The molecule has 3 aromatic rings. The Morgan fingerprint density at radius 3 is 2.44 bits per heavy atom. The van der Waals surface area contributed by atoms with Crippen LogP contribution in [0.4, 0.5) is 0 Å². The van der Waals surface area contributed by atoms with Crippen molar-refractivity contribution in [2.45, 2.75) is 26.4 Å². The maximum Gasteiger partial charge on any atom is 0.271 e. The number of carbonyl (C=O) groups is 1. The summed E-state index contributed by atoms with van der Waals surface area (Å²) >= 11 is 5.85. The molecule has 9 heteroatoms. The summed E-state index contributed by atoms with van der Waals surface area (Å²) in [5, 5.41) is 22.8. The van der Waals surface area contributed by atoms with E-state index in [-0.39, 0.29) is 29.5 Å². The highest BCUT2D eigenvalue weighted by atomic mass is 35.5. The summed E-state index contributed by atoms with van der Waals surface area (Å²) < 4.78 is 17.2. The van der Waals surface area contributed by atoms with Gasteiger partial charge in [-0.15, -0.1) is 0 Å². The zero-order chi connectivity index (χ0) is 26.1. The van der Waals surface area contributed by atoms with E-state index < -0.39 is 5.91 Å². The van der Waals surface area contributed by atoms with Gasteiger partial charge in [0, 0.05) is 11.1 Å². The topological polar surface area (TPSA) is 110 Å². The van der Waals surface area contributed by atoms with Crippen LogP contribution in [0.1, 0.15) is 46.8 Å². The van der Waals surface area contributed by atoms with Crippen molar-refractivity contribution in [2.24, 2.45) is 5.10 Å². The first-order valence-electron chi connectivity index (χ1n) is 11.3. The Morgan fingerprint density at radius 1 is 1.08 bits per heavy atom. The number of aromatic hydroxyl groups is 1. The maximum atomic E-state index is 12.3. The number of phenols is 1. The fourth-order valence-corrected chi connectivity index (χ4v) is 3.44. The van der Waals surface area contributed by atoms with Crippen LogP contribution in [0, 0.1) is 0 Å². The van der Waals surface area contributed by atoms with E-state index in [9.17, 15) is 15.0 Å². The summed E-state index contributed by atoms with van der Waals surface area (Å²) in [6, 6.07) is 15.6. The molecule has 3 aromatic carbocycles. The molecule has 3 rings (SSSR count). The van der Waals surface area contributed by atoms with E-state index >= 15 is 0 Å². The van der Waals surface area contributed by atoms with Gasteiger partial charge >= 0.3 is 0 Å². The third-order valence-corrected chi connectivity index (χ3v) is 5.53.